The molecule has 0 N–H and O–H groups in total. The molecule has 0 fully saturated rings. The van der Waals surface area contributed by atoms with Gasteiger partial charge in [-0.3, -0.25) is 4.79 Å². The molecular weight excluding hydrogens is 336 g/mol. The predicted molar refractivity (Wildman–Crippen MR) is 97.4 cm³/mol. The molecule has 0 spiro atoms. The summed E-state index contributed by atoms with van der Waals surface area (Å²) in [6.07, 6.45) is 3.26. The van der Waals surface area contributed by atoms with Gasteiger partial charge in [0, 0.05) is 30.4 Å². The molecule has 0 aliphatic rings. The van der Waals surface area contributed by atoms with Gasteiger partial charge >= 0.3 is 5.97 Å². The van der Waals surface area contributed by atoms with Crippen LogP contribution < -0.4 is 4.90 Å². The van der Waals surface area contributed by atoms with Crippen LogP contribution in [0.3, 0.4) is 0 Å². The molecule has 0 amide bonds. The van der Waals surface area contributed by atoms with E-state index in [1.807, 2.05) is 24.4 Å². The fourth-order valence-corrected chi connectivity index (χ4v) is 2.97. The number of hydrogen-bond acceptors (Lipinski definition) is 7. The Morgan fingerprint density at radius 3 is 2.64 bits per heavy atom. The highest BCUT2D eigenvalue weighted by Gasteiger charge is 2.12. The van der Waals surface area contributed by atoms with E-state index in [0.29, 0.717) is 5.95 Å². The van der Waals surface area contributed by atoms with Gasteiger partial charge in [-0.15, -0.1) is 11.3 Å². The van der Waals surface area contributed by atoms with E-state index in [1.165, 1.54) is 16.9 Å². The molecule has 128 valence electrons. The number of aryl methyl sites for hydroxylation is 1. The summed E-state index contributed by atoms with van der Waals surface area (Å²) in [5.74, 6) is 0.134. The number of esters is 1. The van der Waals surface area contributed by atoms with Crippen LogP contribution >= 0.6 is 11.3 Å². The van der Waals surface area contributed by atoms with Gasteiger partial charge in [-0.05, 0) is 13.0 Å². The molecule has 0 atom stereocenters. The van der Waals surface area contributed by atoms with Gasteiger partial charge in [0.2, 0.25) is 5.95 Å². The highest BCUT2D eigenvalue weighted by atomic mass is 32.1. The lowest BCUT2D eigenvalue weighted by molar-refractivity contribution is -0.143. The smallest absolute Gasteiger partial charge is 0.326 e. The maximum atomic E-state index is 12.0. The number of aromatic nitrogens is 3. The Morgan fingerprint density at radius 1 is 1.20 bits per heavy atom. The van der Waals surface area contributed by atoms with E-state index in [1.54, 1.807) is 30.4 Å². The molecule has 0 unspecified atom stereocenters. The molecule has 25 heavy (non-hydrogen) atoms. The van der Waals surface area contributed by atoms with Gasteiger partial charge in [0.05, 0.1) is 5.69 Å². The topological polar surface area (TPSA) is 68.2 Å². The third kappa shape index (κ3) is 4.60. The lowest BCUT2D eigenvalue weighted by Crippen LogP contribution is -2.28. The van der Waals surface area contributed by atoms with Crippen LogP contribution in [0.4, 0.5) is 5.95 Å². The zero-order valence-corrected chi connectivity index (χ0v) is 14.9. The molecule has 0 aliphatic heterocycles. The fraction of sp³-hybridized carbons (Fsp3) is 0.222. The first-order chi connectivity index (χ1) is 12.1. The Hall–Kier alpha value is -2.80. The summed E-state index contributed by atoms with van der Waals surface area (Å²) in [5, 5.41) is 2.83. The van der Waals surface area contributed by atoms with E-state index in [4.69, 9.17) is 4.74 Å². The largest absolute Gasteiger partial charge is 0.458 e. The second-order valence-corrected chi connectivity index (χ2v) is 6.43. The second-order valence-electron chi connectivity index (χ2n) is 5.58. The summed E-state index contributed by atoms with van der Waals surface area (Å²) in [5.41, 5.74) is 3.02. The number of ether oxygens (including phenoxy) is 1. The van der Waals surface area contributed by atoms with Gasteiger partial charge in [-0.2, -0.15) is 0 Å². The Balaban J connectivity index is 1.53. The third-order valence-corrected chi connectivity index (χ3v) is 4.43. The van der Waals surface area contributed by atoms with Crippen LogP contribution in [-0.2, 0) is 16.1 Å². The summed E-state index contributed by atoms with van der Waals surface area (Å²) in [4.78, 5) is 26.3. The summed E-state index contributed by atoms with van der Waals surface area (Å²) in [6.45, 7) is 2.29. The van der Waals surface area contributed by atoms with Gasteiger partial charge < -0.3 is 9.64 Å². The van der Waals surface area contributed by atoms with Crippen molar-refractivity contribution < 1.29 is 9.53 Å². The first-order valence-electron chi connectivity index (χ1n) is 7.77. The van der Waals surface area contributed by atoms with Crippen molar-refractivity contribution >= 4 is 23.3 Å². The van der Waals surface area contributed by atoms with Gasteiger partial charge in [0.15, 0.2) is 0 Å². The van der Waals surface area contributed by atoms with Crippen LogP contribution in [0.5, 0.6) is 0 Å². The number of carbonyl (C=O) groups excluding carboxylic acids is 1. The molecule has 2 aromatic heterocycles. The van der Waals surface area contributed by atoms with E-state index in [-0.39, 0.29) is 19.1 Å². The van der Waals surface area contributed by atoms with E-state index < -0.39 is 0 Å². The highest BCUT2D eigenvalue weighted by Crippen LogP contribution is 2.24. The number of rotatable bonds is 6. The average Bonchev–Trinajstić information content (AvgIpc) is 3.10. The highest BCUT2D eigenvalue weighted by molar-refractivity contribution is 7.13. The van der Waals surface area contributed by atoms with Gasteiger partial charge in [-0.1, -0.05) is 29.8 Å². The third-order valence-electron chi connectivity index (χ3n) is 3.49. The second kappa shape index (κ2) is 7.85. The molecule has 0 saturated heterocycles. The molecule has 0 radical (unpaired) electrons. The van der Waals surface area contributed by atoms with E-state index >= 15 is 0 Å². The van der Waals surface area contributed by atoms with Gasteiger partial charge in [-0.25, -0.2) is 15.0 Å². The first-order valence-corrected chi connectivity index (χ1v) is 8.65. The normalized spacial score (nSPS) is 10.5. The number of likely N-dealkylation sites (N-methyl/N-ethyl adjacent to an activating group) is 1. The summed E-state index contributed by atoms with van der Waals surface area (Å²) in [7, 11) is 1.74. The maximum Gasteiger partial charge on any atom is 0.326 e. The van der Waals surface area contributed by atoms with Crippen LogP contribution in [0, 0.1) is 6.92 Å². The van der Waals surface area contributed by atoms with Crippen molar-refractivity contribution in [1.82, 2.24) is 15.0 Å². The summed E-state index contributed by atoms with van der Waals surface area (Å²) in [6, 6.07) is 9.91. The summed E-state index contributed by atoms with van der Waals surface area (Å²) >= 11 is 1.54. The van der Waals surface area contributed by atoms with Crippen LogP contribution in [-0.4, -0.2) is 34.5 Å². The molecule has 7 heteroatoms. The number of carbonyl (C=O) groups is 1. The van der Waals surface area contributed by atoms with Crippen molar-refractivity contribution in [3.63, 3.8) is 0 Å². The fourth-order valence-electron chi connectivity index (χ4n) is 2.15. The lowest BCUT2D eigenvalue weighted by Gasteiger charge is -2.15. The Labute approximate surface area is 150 Å². The van der Waals surface area contributed by atoms with Crippen LogP contribution in [0.2, 0.25) is 0 Å². The average molecular weight is 354 g/mol. The summed E-state index contributed by atoms with van der Waals surface area (Å²) < 4.78 is 5.30. The number of thiazole rings is 1. The lowest BCUT2D eigenvalue weighted by atomic mass is 10.2. The zero-order chi connectivity index (χ0) is 17.6. The Bertz CT molecular complexity index is 834. The van der Waals surface area contributed by atoms with Crippen molar-refractivity contribution in [3.8, 4) is 10.6 Å². The monoisotopic (exact) mass is 354 g/mol. The molecule has 3 aromatic rings. The molecule has 3 rings (SSSR count). The molecular formula is C18H18N4O2S. The first kappa shape index (κ1) is 17.0. The number of nitrogens with zero attached hydrogens (tertiary/aromatic N) is 4. The Kier molecular flexibility index (Phi) is 5.35. The molecule has 6 nitrogen and oxygen atoms in total. The Morgan fingerprint density at radius 2 is 1.92 bits per heavy atom. The van der Waals surface area contributed by atoms with Crippen LogP contribution in [0.15, 0.2) is 48.1 Å². The molecule has 0 aliphatic carbocycles. The number of hydrogen-bond donors (Lipinski definition) is 0. The van der Waals surface area contributed by atoms with Crippen LogP contribution in [0.25, 0.3) is 10.6 Å². The van der Waals surface area contributed by atoms with Crippen molar-refractivity contribution in [3.05, 3.63) is 59.4 Å². The SMILES string of the molecule is Cc1ccc(-c2nc(COC(=O)CN(C)c3ncccn3)cs2)cc1. The molecule has 2 heterocycles. The van der Waals surface area contributed by atoms with Crippen molar-refractivity contribution in [2.24, 2.45) is 0 Å². The quantitative estimate of drug-likeness (QED) is 0.634. The number of anilines is 1. The van der Waals surface area contributed by atoms with Gasteiger partial charge in [0.1, 0.15) is 18.2 Å². The minimum Gasteiger partial charge on any atom is -0.458 e. The standard InChI is InChI=1S/C18H18N4O2S/c1-13-4-6-14(7-5-13)17-21-15(12-25-17)11-24-16(23)10-22(2)18-19-8-3-9-20-18/h3-9,12H,10-11H2,1-2H3. The van der Waals surface area contributed by atoms with Crippen LogP contribution in [0.1, 0.15) is 11.3 Å². The molecule has 0 saturated carbocycles. The van der Waals surface area contributed by atoms with E-state index in [2.05, 4.69) is 27.1 Å². The molecule has 0 bridgehead atoms. The van der Waals surface area contributed by atoms with E-state index in [9.17, 15) is 4.79 Å². The molecule has 1 aromatic carbocycles. The van der Waals surface area contributed by atoms with Crippen molar-refractivity contribution in [2.75, 3.05) is 18.5 Å². The minimum atomic E-state index is -0.347. The maximum absolute atomic E-state index is 12.0. The predicted octanol–water partition coefficient (Wildman–Crippen LogP) is 3.09. The van der Waals surface area contributed by atoms with Crippen molar-refractivity contribution in [1.29, 1.82) is 0 Å². The minimum absolute atomic E-state index is 0.0823. The number of benzene rings is 1. The van der Waals surface area contributed by atoms with E-state index in [0.717, 1.165) is 16.3 Å². The van der Waals surface area contributed by atoms with Gasteiger partial charge in [0.25, 0.3) is 0 Å². The zero-order valence-electron chi connectivity index (χ0n) is 14.0. The van der Waals surface area contributed by atoms with Crippen molar-refractivity contribution in [2.45, 2.75) is 13.5 Å².